The third-order valence-electron chi connectivity index (χ3n) is 4.11. The number of carbonyl (C=O) groups excluding carboxylic acids is 1. The average Bonchev–Trinajstić information content (AvgIpc) is 2.53. The van der Waals surface area contributed by atoms with Crippen LogP contribution in [-0.2, 0) is 4.79 Å². The van der Waals surface area contributed by atoms with E-state index in [1.165, 1.54) is 44.9 Å². The van der Waals surface area contributed by atoms with Crippen LogP contribution in [-0.4, -0.2) is 11.4 Å². The van der Waals surface area contributed by atoms with Gasteiger partial charge < -0.3 is 5.32 Å². The molecule has 1 spiro atoms. The van der Waals surface area contributed by atoms with Crippen molar-refractivity contribution in [2.24, 2.45) is 5.92 Å². The first-order valence-corrected chi connectivity index (χ1v) is 6.58. The van der Waals surface area contributed by atoms with Gasteiger partial charge >= 0.3 is 0 Å². The fourth-order valence-electron chi connectivity index (χ4n) is 3.22. The first-order chi connectivity index (χ1) is 7.26. The summed E-state index contributed by atoms with van der Waals surface area (Å²) in [6.07, 6.45) is 11.0. The topological polar surface area (TPSA) is 29.1 Å². The van der Waals surface area contributed by atoms with E-state index >= 15 is 0 Å². The molecule has 0 bridgehead atoms. The van der Waals surface area contributed by atoms with E-state index in [9.17, 15) is 4.79 Å². The van der Waals surface area contributed by atoms with Crippen molar-refractivity contribution in [1.82, 2.24) is 5.32 Å². The highest BCUT2D eigenvalue weighted by molar-refractivity contribution is 5.82. The van der Waals surface area contributed by atoms with Crippen molar-refractivity contribution in [3.8, 4) is 0 Å². The van der Waals surface area contributed by atoms with Crippen LogP contribution in [0.1, 0.15) is 64.7 Å². The van der Waals surface area contributed by atoms with Crippen molar-refractivity contribution < 1.29 is 4.79 Å². The summed E-state index contributed by atoms with van der Waals surface area (Å²) in [5.41, 5.74) is 0.216. The molecule has 2 heteroatoms. The predicted octanol–water partition coefficient (Wildman–Crippen LogP) is 3.02. The van der Waals surface area contributed by atoms with Crippen LogP contribution < -0.4 is 5.32 Å². The SMILES string of the molecule is CCCCC1CC2(CCCCC2)NC1=O. The highest BCUT2D eigenvalue weighted by atomic mass is 16.2. The minimum atomic E-state index is 0.216. The molecule has 15 heavy (non-hydrogen) atoms. The summed E-state index contributed by atoms with van der Waals surface area (Å²) in [5, 5.41) is 3.29. The summed E-state index contributed by atoms with van der Waals surface area (Å²) in [6, 6.07) is 0. The van der Waals surface area contributed by atoms with Gasteiger partial charge in [-0.25, -0.2) is 0 Å². The molecule has 2 nitrogen and oxygen atoms in total. The lowest BCUT2D eigenvalue weighted by Crippen LogP contribution is -2.42. The van der Waals surface area contributed by atoms with Gasteiger partial charge in [-0.1, -0.05) is 39.0 Å². The Morgan fingerprint density at radius 1 is 1.33 bits per heavy atom. The van der Waals surface area contributed by atoms with Crippen molar-refractivity contribution in [3.05, 3.63) is 0 Å². The Kier molecular flexibility index (Phi) is 3.32. The summed E-state index contributed by atoms with van der Waals surface area (Å²) < 4.78 is 0. The van der Waals surface area contributed by atoms with Gasteiger partial charge in [0.15, 0.2) is 0 Å². The minimum absolute atomic E-state index is 0.216. The number of rotatable bonds is 3. The maximum Gasteiger partial charge on any atom is 0.223 e. The molecule has 1 unspecified atom stereocenters. The fourth-order valence-corrected chi connectivity index (χ4v) is 3.22. The van der Waals surface area contributed by atoms with E-state index in [0.29, 0.717) is 11.8 Å². The first-order valence-electron chi connectivity index (χ1n) is 6.58. The molecule has 1 N–H and O–H groups in total. The second-order valence-corrected chi connectivity index (χ2v) is 5.37. The summed E-state index contributed by atoms with van der Waals surface area (Å²) in [5.74, 6) is 0.661. The second-order valence-electron chi connectivity index (χ2n) is 5.37. The predicted molar refractivity (Wildman–Crippen MR) is 61.6 cm³/mol. The van der Waals surface area contributed by atoms with Gasteiger partial charge in [-0.2, -0.15) is 0 Å². The molecule has 0 aromatic rings. The van der Waals surface area contributed by atoms with E-state index in [2.05, 4.69) is 12.2 Å². The monoisotopic (exact) mass is 209 g/mol. The van der Waals surface area contributed by atoms with Gasteiger partial charge in [0.25, 0.3) is 0 Å². The number of nitrogens with one attached hydrogen (secondary N) is 1. The third kappa shape index (κ3) is 2.35. The largest absolute Gasteiger partial charge is 0.350 e. The van der Waals surface area contributed by atoms with E-state index in [0.717, 1.165) is 12.8 Å². The summed E-state index contributed by atoms with van der Waals surface area (Å²) in [4.78, 5) is 11.8. The van der Waals surface area contributed by atoms with Crippen LogP contribution in [0.3, 0.4) is 0 Å². The molecular weight excluding hydrogens is 186 g/mol. The molecule has 1 amide bonds. The van der Waals surface area contributed by atoms with Gasteiger partial charge in [-0.3, -0.25) is 4.79 Å². The van der Waals surface area contributed by atoms with Gasteiger partial charge in [0.05, 0.1) is 0 Å². The average molecular weight is 209 g/mol. The quantitative estimate of drug-likeness (QED) is 0.760. The summed E-state index contributed by atoms with van der Waals surface area (Å²) in [6.45, 7) is 2.20. The number of hydrogen-bond donors (Lipinski definition) is 1. The highest BCUT2D eigenvalue weighted by Gasteiger charge is 2.43. The van der Waals surface area contributed by atoms with Gasteiger partial charge in [-0.05, 0) is 25.7 Å². The highest BCUT2D eigenvalue weighted by Crippen LogP contribution is 2.39. The van der Waals surface area contributed by atoms with Gasteiger partial charge in [0.2, 0.25) is 5.91 Å². The van der Waals surface area contributed by atoms with Crippen LogP contribution in [0, 0.1) is 5.92 Å². The number of unbranched alkanes of at least 4 members (excludes halogenated alkanes) is 1. The Hall–Kier alpha value is -0.530. The van der Waals surface area contributed by atoms with Gasteiger partial charge in [0, 0.05) is 11.5 Å². The molecule has 1 aliphatic heterocycles. The molecule has 2 aliphatic rings. The van der Waals surface area contributed by atoms with Crippen molar-refractivity contribution in [3.63, 3.8) is 0 Å². The summed E-state index contributed by atoms with van der Waals surface area (Å²) >= 11 is 0. The lowest BCUT2D eigenvalue weighted by Gasteiger charge is -2.33. The normalized spacial score (nSPS) is 29.4. The Labute approximate surface area is 92.8 Å². The first kappa shape index (κ1) is 11.0. The van der Waals surface area contributed by atoms with E-state index < -0.39 is 0 Å². The van der Waals surface area contributed by atoms with Crippen molar-refractivity contribution in [2.45, 2.75) is 70.3 Å². The Morgan fingerprint density at radius 3 is 2.73 bits per heavy atom. The lowest BCUT2D eigenvalue weighted by atomic mass is 9.78. The second kappa shape index (κ2) is 4.54. The Bertz CT molecular complexity index is 231. The Morgan fingerprint density at radius 2 is 2.07 bits per heavy atom. The molecule has 2 rings (SSSR count). The van der Waals surface area contributed by atoms with Gasteiger partial charge in [0.1, 0.15) is 0 Å². The number of amides is 1. The lowest BCUT2D eigenvalue weighted by molar-refractivity contribution is -0.123. The minimum Gasteiger partial charge on any atom is -0.350 e. The summed E-state index contributed by atoms with van der Waals surface area (Å²) in [7, 11) is 0. The zero-order valence-electron chi connectivity index (χ0n) is 9.85. The van der Waals surface area contributed by atoms with Crippen LogP contribution in [0.5, 0.6) is 0 Å². The van der Waals surface area contributed by atoms with Crippen LogP contribution in [0.2, 0.25) is 0 Å². The maximum absolute atomic E-state index is 11.8. The van der Waals surface area contributed by atoms with Crippen LogP contribution in [0.4, 0.5) is 0 Å². The number of carbonyl (C=O) groups is 1. The molecular formula is C13H23NO. The van der Waals surface area contributed by atoms with Crippen LogP contribution in [0.25, 0.3) is 0 Å². The molecule has 1 atom stereocenters. The smallest absolute Gasteiger partial charge is 0.223 e. The maximum atomic E-state index is 11.8. The molecule has 1 saturated carbocycles. The molecule has 2 fully saturated rings. The van der Waals surface area contributed by atoms with E-state index in [1.807, 2.05) is 0 Å². The van der Waals surface area contributed by atoms with Crippen molar-refractivity contribution in [2.75, 3.05) is 0 Å². The van der Waals surface area contributed by atoms with Crippen LogP contribution in [0.15, 0.2) is 0 Å². The van der Waals surface area contributed by atoms with Crippen LogP contribution >= 0.6 is 0 Å². The standard InChI is InChI=1S/C13H23NO/c1-2-3-7-11-10-13(14-12(11)15)8-5-4-6-9-13/h11H,2-10H2,1H3,(H,14,15). The molecule has 1 heterocycles. The number of hydrogen-bond acceptors (Lipinski definition) is 1. The van der Waals surface area contributed by atoms with Crippen molar-refractivity contribution >= 4 is 5.91 Å². The zero-order valence-corrected chi connectivity index (χ0v) is 9.85. The third-order valence-corrected chi connectivity index (χ3v) is 4.11. The molecule has 0 radical (unpaired) electrons. The van der Waals surface area contributed by atoms with Crippen molar-refractivity contribution in [1.29, 1.82) is 0 Å². The zero-order chi connectivity index (χ0) is 10.7. The fraction of sp³-hybridized carbons (Fsp3) is 0.923. The van der Waals surface area contributed by atoms with E-state index in [1.54, 1.807) is 0 Å². The molecule has 1 saturated heterocycles. The Balaban J connectivity index is 1.92. The molecule has 0 aromatic heterocycles. The van der Waals surface area contributed by atoms with E-state index in [-0.39, 0.29) is 5.54 Å². The van der Waals surface area contributed by atoms with E-state index in [4.69, 9.17) is 0 Å². The molecule has 0 aromatic carbocycles. The molecule has 86 valence electrons. The molecule has 1 aliphatic carbocycles. The van der Waals surface area contributed by atoms with Gasteiger partial charge in [-0.15, -0.1) is 0 Å².